The smallest absolute Gasteiger partial charge is 0.123 e. The molecule has 1 aliphatic heterocycles. The van der Waals surface area contributed by atoms with Crippen LogP contribution in [-0.2, 0) is 11.2 Å². The lowest BCUT2D eigenvalue weighted by molar-refractivity contribution is 0.0395. The standard InChI is InChI=1S/C16H24FNO/c1-3-18-16(14-5-4-8-19-11-14)10-13-6-7-15(17)9-12(13)2/h6-7,9,14,16,18H,3-5,8,10-11H2,1-2H3. The Kier molecular flexibility index (Phi) is 5.34. The molecule has 0 aromatic heterocycles. The summed E-state index contributed by atoms with van der Waals surface area (Å²) in [5, 5.41) is 3.57. The topological polar surface area (TPSA) is 21.3 Å². The molecule has 1 saturated heterocycles. The molecule has 1 fully saturated rings. The summed E-state index contributed by atoms with van der Waals surface area (Å²) >= 11 is 0. The van der Waals surface area contributed by atoms with Crippen molar-refractivity contribution in [1.29, 1.82) is 0 Å². The molecule has 2 nitrogen and oxygen atoms in total. The molecule has 1 aliphatic rings. The third-order valence-corrected chi connectivity index (χ3v) is 3.98. The molecule has 0 saturated carbocycles. The van der Waals surface area contributed by atoms with E-state index in [1.807, 2.05) is 13.0 Å². The second-order valence-corrected chi connectivity index (χ2v) is 5.42. The molecule has 19 heavy (non-hydrogen) atoms. The number of aryl methyl sites for hydroxylation is 1. The summed E-state index contributed by atoms with van der Waals surface area (Å²) in [6, 6.07) is 5.52. The quantitative estimate of drug-likeness (QED) is 0.883. The Morgan fingerprint density at radius 2 is 2.32 bits per heavy atom. The fourth-order valence-electron chi connectivity index (χ4n) is 2.88. The van der Waals surface area contributed by atoms with E-state index in [2.05, 4.69) is 12.2 Å². The number of rotatable bonds is 5. The Hall–Kier alpha value is -0.930. The molecule has 1 N–H and O–H groups in total. The van der Waals surface area contributed by atoms with Crippen molar-refractivity contribution >= 4 is 0 Å². The van der Waals surface area contributed by atoms with Crippen molar-refractivity contribution in [3.8, 4) is 0 Å². The maximum atomic E-state index is 13.2. The van der Waals surface area contributed by atoms with Gasteiger partial charge in [0.15, 0.2) is 0 Å². The van der Waals surface area contributed by atoms with Gasteiger partial charge in [-0.15, -0.1) is 0 Å². The Morgan fingerprint density at radius 1 is 1.47 bits per heavy atom. The summed E-state index contributed by atoms with van der Waals surface area (Å²) in [5.41, 5.74) is 2.28. The number of hydrogen-bond acceptors (Lipinski definition) is 2. The fourth-order valence-corrected chi connectivity index (χ4v) is 2.88. The molecule has 0 radical (unpaired) electrons. The minimum atomic E-state index is -0.151. The zero-order valence-electron chi connectivity index (χ0n) is 11.9. The highest BCUT2D eigenvalue weighted by atomic mass is 19.1. The maximum Gasteiger partial charge on any atom is 0.123 e. The number of nitrogens with one attached hydrogen (secondary N) is 1. The van der Waals surface area contributed by atoms with Gasteiger partial charge in [0.1, 0.15) is 5.82 Å². The van der Waals surface area contributed by atoms with Gasteiger partial charge in [0.2, 0.25) is 0 Å². The average Bonchev–Trinajstić information content (AvgIpc) is 2.42. The van der Waals surface area contributed by atoms with Gasteiger partial charge in [-0.25, -0.2) is 4.39 Å². The molecule has 1 aromatic rings. The van der Waals surface area contributed by atoms with Crippen molar-refractivity contribution in [2.45, 2.75) is 39.2 Å². The van der Waals surface area contributed by atoms with Crippen LogP contribution in [0.2, 0.25) is 0 Å². The largest absolute Gasteiger partial charge is 0.381 e. The number of ether oxygens (including phenoxy) is 1. The van der Waals surface area contributed by atoms with E-state index >= 15 is 0 Å². The molecule has 0 spiro atoms. The van der Waals surface area contributed by atoms with Gasteiger partial charge in [-0.1, -0.05) is 13.0 Å². The van der Waals surface area contributed by atoms with Crippen molar-refractivity contribution in [3.05, 3.63) is 35.1 Å². The van der Waals surface area contributed by atoms with Crippen molar-refractivity contribution < 1.29 is 9.13 Å². The summed E-state index contributed by atoms with van der Waals surface area (Å²) in [6.07, 6.45) is 3.32. The first kappa shape index (κ1) is 14.5. The molecule has 1 aromatic carbocycles. The zero-order chi connectivity index (χ0) is 13.7. The lowest BCUT2D eigenvalue weighted by Gasteiger charge is -2.31. The van der Waals surface area contributed by atoms with Crippen LogP contribution in [0.1, 0.15) is 30.9 Å². The number of benzene rings is 1. The van der Waals surface area contributed by atoms with E-state index in [-0.39, 0.29) is 5.82 Å². The van der Waals surface area contributed by atoms with Gasteiger partial charge >= 0.3 is 0 Å². The third-order valence-electron chi connectivity index (χ3n) is 3.98. The molecule has 0 amide bonds. The van der Waals surface area contributed by atoms with Crippen LogP contribution >= 0.6 is 0 Å². The molecule has 3 heteroatoms. The minimum absolute atomic E-state index is 0.151. The molecule has 0 aliphatic carbocycles. The van der Waals surface area contributed by atoms with Gasteiger partial charge in [0, 0.05) is 12.6 Å². The Balaban J connectivity index is 2.06. The van der Waals surface area contributed by atoms with E-state index in [9.17, 15) is 4.39 Å². The number of halogens is 1. The highest BCUT2D eigenvalue weighted by Crippen LogP contribution is 2.22. The average molecular weight is 265 g/mol. The Labute approximate surface area is 115 Å². The van der Waals surface area contributed by atoms with E-state index < -0.39 is 0 Å². The summed E-state index contributed by atoms with van der Waals surface area (Å²) in [5.74, 6) is 0.417. The third kappa shape index (κ3) is 4.02. The molecule has 2 rings (SSSR count). The molecule has 2 atom stereocenters. The van der Waals surface area contributed by atoms with Gasteiger partial charge in [-0.05, 0) is 61.9 Å². The summed E-state index contributed by atoms with van der Waals surface area (Å²) in [6.45, 7) is 6.82. The Morgan fingerprint density at radius 3 is 2.95 bits per heavy atom. The van der Waals surface area contributed by atoms with Gasteiger partial charge < -0.3 is 10.1 Å². The lowest BCUT2D eigenvalue weighted by Crippen LogP contribution is -2.41. The number of hydrogen-bond donors (Lipinski definition) is 1. The van der Waals surface area contributed by atoms with Gasteiger partial charge in [0.25, 0.3) is 0 Å². The van der Waals surface area contributed by atoms with Gasteiger partial charge in [0.05, 0.1) is 6.61 Å². The van der Waals surface area contributed by atoms with Crippen LogP contribution in [0.25, 0.3) is 0 Å². The number of likely N-dealkylation sites (N-methyl/N-ethyl adjacent to an activating group) is 1. The predicted octanol–water partition coefficient (Wildman–Crippen LogP) is 3.08. The van der Waals surface area contributed by atoms with Gasteiger partial charge in [-0.3, -0.25) is 0 Å². The van der Waals surface area contributed by atoms with E-state index in [1.165, 1.54) is 12.0 Å². The van der Waals surface area contributed by atoms with Crippen molar-refractivity contribution in [2.24, 2.45) is 5.92 Å². The van der Waals surface area contributed by atoms with Crippen LogP contribution in [-0.4, -0.2) is 25.8 Å². The molecule has 2 unspecified atom stereocenters. The Bertz CT molecular complexity index is 402. The summed E-state index contributed by atoms with van der Waals surface area (Å²) in [7, 11) is 0. The normalized spacial score (nSPS) is 21.3. The summed E-state index contributed by atoms with van der Waals surface area (Å²) < 4.78 is 18.7. The molecule has 106 valence electrons. The van der Waals surface area contributed by atoms with E-state index in [0.29, 0.717) is 12.0 Å². The monoisotopic (exact) mass is 265 g/mol. The fraction of sp³-hybridized carbons (Fsp3) is 0.625. The van der Waals surface area contributed by atoms with Crippen molar-refractivity contribution in [3.63, 3.8) is 0 Å². The van der Waals surface area contributed by atoms with Crippen LogP contribution in [0, 0.1) is 18.7 Å². The van der Waals surface area contributed by atoms with E-state index in [4.69, 9.17) is 4.74 Å². The van der Waals surface area contributed by atoms with Crippen LogP contribution in [0.4, 0.5) is 4.39 Å². The minimum Gasteiger partial charge on any atom is -0.381 e. The second kappa shape index (κ2) is 7.01. The molecule has 0 bridgehead atoms. The summed E-state index contributed by atoms with van der Waals surface area (Å²) in [4.78, 5) is 0. The van der Waals surface area contributed by atoms with Crippen LogP contribution in [0.3, 0.4) is 0 Å². The first-order valence-electron chi connectivity index (χ1n) is 7.27. The van der Waals surface area contributed by atoms with Crippen molar-refractivity contribution in [2.75, 3.05) is 19.8 Å². The second-order valence-electron chi connectivity index (χ2n) is 5.42. The zero-order valence-corrected chi connectivity index (χ0v) is 11.9. The first-order chi connectivity index (χ1) is 9.20. The molecular formula is C16H24FNO. The van der Waals surface area contributed by atoms with Crippen molar-refractivity contribution in [1.82, 2.24) is 5.32 Å². The lowest BCUT2D eigenvalue weighted by atomic mass is 9.88. The van der Waals surface area contributed by atoms with E-state index in [0.717, 1.165) is 38.2 Å². The van der Waals surface area contributed by atoms with Crippen LogP contribution in [0.5, 0.6) is 0 Å². The highest BCUT2D eigenvalue weighted by Gasteiger charge is 2.24. The van der Waals surface area contributed by atoms with Crippen LogP contribution < -0.4 is 5.32 Å². The molecular weight excluding hydrogens is 241 g/mol. The SMILES string of the molecule is CCNC(Cc1ccc(F)cc1C)C1CCCOC1. The highest BCUT2D eigenvalue weighted by molar-refractivity contribution is 5.27. The molecule has 1 heterocycles. The van der Waals surface area contributed by atoms with E-state index in [1.54, 1.807) is 12.1 Å². The van der Waals surface area contributed by atoms with Gasteiger partial charge in [-0.2, -0.15) is 0 Å². The predicted molar refractivity (Wildman–Crippen MR) is 75.8 cm³/mol. The first-order valence-corrected chi connectivity index (χ1v) is 7.27. The maximum absolute atomic E-state index is 13.2. The van der Waals surface area contributed by atoms with Crippen LogP contribution in [0.15, 0.2) is 18.2 Å².